The summed E-state index contributed by atoms with van der Waals surface area (Å²) in [6, 6.07) is 3.51. The van der Waals surface area contributed by atoms with Gasteiger partial charge >= 0.3 is 0 Å². The van der Waals surface area contributed by atoms with Gasteiger partial charge in [0.15, 0.2) is 0 Å². The van der Waals surface area contributed by atoms with Gasteiger partial charge in [-0.25, -0.2) is 8.78 Å². The van der Waals surface area contributed by atoms with E-state index in [0.29, 0.717) is 12.0 Å². The minimum absolute atomic E-state index is 0.0695. The molecule has 0 aliphatic rings. The lowest BCUT2D eigenvalue weighted by Crippen LogP contribution is -2.24. The Hall–Kier alpha value is -1.40. The first-order chi connectivity index (χ1) is 9.19. The first kappa shape index (κ1) is 14.0. The van der Waals surface area contributed by atoms with Crippen molar-refractivity contribution in [2.45, 2.75) is 25.8 Å². The molecule has 0 saturated heterocycles. The zero-order valence-corrected chi connectivity index (χ0v) is 11.4. The Morgan fingerprint density at radius 1 is 1.26 bits per heavy atom. The summed E-state index contributed by atoms with van der Waals surface area (Å²) in [5.41, 5.74) is 1.42. The van der Waals surface area contributed by atoms with Gasteiger partial charge in [0.2, 0.25) is 0 Å². The summed E-state index contributed by atoms with van der Waals surface area (Å²) >= 11 is 1.13. The predicted octanol–water partition coefficient (Wildman–Crippen LogP) is 3.10. The monoisotopic (exact) mass is 283 g/mol. The van der Waals surface area contributed by atoms with Crippen molar-refractivity contribution >= 4 is 11.7 Å². The number of nitrogens with zero attached hydrogens (tertiary/aromatic N) is 2. The lowest BCUT2D eigenvalue weighted by atomic mass is 10.0. The first-order valence-electron chi connectivity index (χ1n) is 6.15. The van der Waals surface area contributed by atoms with Crippen LogP contribution in [0.1, 0.15) is 30.6 Å². The SMILES string of the molecule is CCCNC(Cc1cc(F)cc(F)c1)c1cnsn1. The fraction of sp³-hybridized carbons (Fsp3) is 0.385. The van der Waals surface area contributed by atoms with E-state index in [9.17, 15) is 8.78 Å². The summed E-state index contributed by atoms with van der Waals surface area (Å²) in [5, 5.41) is 3.32. The molecule has 0 aliphatic carbocycles. The Labute approximate surface area is 115 Å². The molecule has 0 amide bonds. The number of benzene rings is 1. The Morgan fingerprint density at radius 3 is 2.58 bits per heavy atom. The summed E-state index contributed by atoms with van der Waals surface area (Å²) in [5.74, 6) is -1.11. The number of hydrogen-bond acceptors (Lipinski definition) is 4. The molecule has 2 rings (SSSR count). The molecular formula is C13H15F2N3S. The van der Waals surface area contributed by atoms with E-state index in [-0.39, 0.29) is 6.04 Å². The molecule has 0 radical (unpaired) electrons. The number of rotatable bonds is 6. The van der Waals surface area contributed by atoms with Crippen LogP contribution < -0.4 is 5.32 Å². The Morgan fingerprint density at radius 2 is 2.00 bits per heavy atom. The fourth-order valence-corrected chi connectivity index (χ4v) is 2.36. The third-order valence-corrected chi connectivity index (χ3v) is 3.23. The second-order valence-electron chi connectivity index (χ2n) is 4.32. The van der Waals surface area contributed by atoms with Crippen LogP contribution in [0.3, 0.4) is 0 Å². The van der Waals surface area contributed by atoms with E-state index in [0.717, 1.165) is 36.5 Å². The highest BCUT2D eigenvalue weighted by molar-refractivity contribution is 6.99. The van der Waals surface area contributed by atoms with Crippen LogP contribution >= 0.6 is 11.7 Å². The summed E-state index contributed by atoms with van der Waals surface area (Å²) in [4.78, 5) is 0. The van der Waals surface area contributed by atoms with Gasteiger partial charge in [0.05, 0.1) is 29.7 Å². The van der Waals surface area contributed by atoms with Crippen molar-refractivity contribution in [1.82, 2.24) is 14.1 Å². The normalized spacial score (nSPS) is 12.6. The molecular weight excluding hydrogens is 268 g/mol. The molecule has 102 valence electrons. The number of aromatic nitrogens is 2. The molecule has 0 fully saturated rings. The third-order valence-electron chi connectivity index (χ3n) is 2.74. The topological polar surface area (TPSA) is 37.8 Å². The maximum atomic E-state index is 13.2. The first-order valence-corrected chi connectivity index (χ1v) is 6.88. The largest absolute Gasteiger partial charge is 0.308 e. The van der Waals surface area contributed by atoms with Crippen LogP contribution in [0, 0.1) is 11.6 Å². The van der Waals surface area contributed by atoms with Gasteiger partial charge in [-0.05, 0) is 37.1 Å². The second-order valence-corrected chi connectivity index (χ2v) is 4.88. The minimum Gasteiger partial charge on any atom is -0.308 e. The van der Waals surface area contributed by atoms with Crippen molar-refractivity contribution in [3.8, 4) is 0 Å². The molecule has 0 saturated carbocycles. The number of nitrogens with one attached hydrogen (secondary N) is 1. The highest BCUT2D eigenvalue weighted by atomic mass is 32.1. The summed E-state index contributed by atoms with van der Waals surface area (Å²) < 4.78 is 34.5. The van der Waals surface area contributed by atoms with Gasteiger partial charge in [-0.2, -0.15) is 8.75 Å². The smallest absolute Gasteiger partial charge is 0.126 e. The standard InChI is InChI=1S/C13H15F2N3S/c1-2-3-16-12(13-8-17-19-18-13)6-9-4-10(14)7-11(15)5-9/h4-5,7-8,12,16H,2-3,6H2,1H3. The molecule has 0 spiro atoms. The van der Waals surface area contributed by atoms with Crippen molar-refractivity contribution in [3.05, 3.63) is 47.3 Å². The quantitative estimate of drug-likeness (QED) is 0.885. The van der Waals surface area contributed by atoms with Gasteiger partial charge in [-0.15, -0.1) is 0 Å². The van der Waals surface area contributed by atoms with Crippen LogP contribution in [0.15, 0.2) is 24.4 Å². The number of hydrogen-bond donors (Lipinski definition) is 1. The van der Waals surface area contributed by atoms with Crippen LogP contribution in [0.4, 0.5) is 8.78 Å². The average molecular weight is 283 g/mol. The Bertz CT molecular complexity index is 496. The average Bonchev–Trinajstić information content (AvgIpc) is 2.87. The van der Waals surface area contributed by atoms with Crippen LogP contribution in [-0.2, 0) is 6.42 Å². The van der Waals surface area contributed by atoms with Gasteiger partial charge in [0, 0.05) is 6.07 Å². The van der Waals surface area contributed by atoms with Crippen LogP contribution in [0.25, 0.3) is 0 Å². The van der Waals surface area contributed by atoms with E-state index in [2.05, 4.69) is 21.0 Å². The van der Waals surface area contributed by atoms with E-state index in [1.54, 1.807) is 6.20 Å². The minimum atomic E-state index is -0.555. The van der Waals surface area contributed by atoms with E-state index in [1.165, 1.54) is 12.1 Å². The molecule has 1 atom stereocenters. The highest BCUT2D eigenvalue weighted by Gasteiger charge is 2.15. The van der Waals surface area contributed by atoms with Gasteiger partial charge in [-0.1, -0.05) is 6.92 Å². The van der Waals surface area contributed by atoms with E-state index < -0.39 is 11.6 Å². The van der Waals surface area contributed by atoms with Crippen LogP contribution in [0.5, 0.6) is 0 Å². The molecule has 1 N–H and O–H groups in total. The van der Waals surface area contributed by atoms with Gasteiger partial charge < -0.3 is 5.32 Å². The maximum absolute atomic E-state index is 13.2. The third kappa shape index (κ3) is 4.04. The molecule has 1 aromatic carbocycles. The molecule has 0 bridgehead atoms. The van der Waals surface area contributed by atoms with Crippen molar-refractivity contribution in [2.24, 2.45) is 0 Å². The van der Waals surface area contributed by atoms with Crippen LogP contribution in [-0.4, -0.2) is 15.3 Å². The Balaban J connectivity index is 2.15. The van der Waals surface area contributed by atoms with Crippen LogP contribution in [0.2, 0.25) is 0 Å². The lowest BCUT2D eigenvalue weighted by molar-refractivity contribution is 0.515. The van der Waals surface area contributed by atoms with Crippen molar-refractivity contribution in [2.75, 3.05) is 6.54 Å². The molecule has 0 aliphatic heterocycles. The zero-order valence-electron chi connectivity index (χ0n) is 10.6. The molecule has 19 heavy (non-hydrogen) atoms. The summed E-state index contributed by atoms with van der Waals surface area (Å²) in [6.45, 7) is 2.88. The maximum Gasteiger partial charge on any atom is 0.126 e. The van der Waals surface area contributed by atoms with Gasteiger partial charge in [-0.3, -0.25) is 0 Å². The molecule has 6 heteroatoms. The van der Waals surface area contributed by atoms with E-state index >= 15 is 0 Å². The highest BCUT2D eigenvalue weighted by Crippen LogP contribution is 2.18. The van der Waals surface area contributed by atoms with Crippen molar-refractivity contribution < 1.29 is 8.78 Å². The van der Waals surface area contributed by atoms with E-state index in [1.807, 2.05) is 0 Å². The summed E-state index contributed by atoms with van der Waals surface area (Å²) in [6.07, 6.45) is 3.15. The molecule has 1 heterocycles. The summed E-state index contributed by atoms with van der Waals surface area (Å²) in [7, 11) is 0. The lowest BCUT2D eigenvalue weighted by Gasteiger charge is -2.16. The number of halogens is 2. The Kier molecular flexibility index (Phi) is 4.93. The van der Waals surface area contributed by atoms with E-state index in [4.69, 9.17) is 0 Å². The van der Waals surface area contributed by atoms with Gasteiger partial charge in [0.25, 0.3) is 0 Å². The van der Waals surface area contributed by atoms with Crippen molar-refractivity contribution in [1.29, 1.82) is 0 Å². The molecule has 3 nitrogen and oxygen atoms in total. The molecule has 1 aromatic heterocycles. The molecule has 2 aromatic rings. The zero-order chi connectivity index (χ0) is 13.7. The molecule has 1 unspecified atom stereocenters. The van der Waals surface area contributed by atoms with Gasteiger partial charge in [0.1, 0.15) is 11.6 Å². The second kappa shape index (κ2) is 6.68. The van der Waals surface area contributed by atoms with Crippen molar-refractivity contribution in [3.63, 3.8) is 0 Å². The fourth-order valence-electron chi connectivity index (χ4n) is 1.89. The predicted molar refractivity (Wildman–Crippen MR) is 71.0 cm³/mol.